The molecule has 1 aromatic carbocycles. The monoisotopic (exact) mass is 262 g/mol. The van der Waals surface area contributed by atoms with E-state index in [1.54, 1.807) is 0 Å². The molecule has 0 aromatic heterocycles. The number of hydrogen-bond acceptors (Lipinski definition) is 3. The first-order chi connectivity index (χ1) is 9.26. The van der Waals surface area contributed by atoms with Crippen molar-refractivity contribution in [3.8, 4) is 0 Å². The molecule has 1 heterocycles. The first kappa shape index (κ1) is 14.4. The zero-order chi connectivity index (χ0) is 13.7. The number of piperidine rings is 1. The Labute approximate surface area is 116 Å². The minimum absolute atomic E-state index is 0.120. The predicted molar refractivity (Wildman–Crippen MR) is 80.3 cm³/mol. The van der Waals surface area contributed by atoms with E-state index in [2.05, 4.69) is 36.1 Å². The number of nitrogens with zero attached hydrogens (tertiary/aromatic N) is 1. The summed E-state index contributed by atoms with van der Waals surface area (Å²) in [5.74, 6) is 0.615. The van der Waals surface area contributed by atoms with Crippen molar-refractivity contribution in [2.75, 3.05) is 24.6 Å². The van der Waals surface area contributed by atoms with Crippen LogP contribution in [0.25, 0.3) is 0 Å². The predicted octanol–water partition coefficient (Wildman–Crippen LogP) is 2.70. The Bertz CT molecular complexity index is 392. The third-order valence-corrected chi connectivity index (χ3v) is 4.17. The number of para-hydroxylation sites is 1. The van der Waals surface area contributed by atoms with Gasteiger partial charge in [0.25, 0.3) is 0 Å². The summed E-state index contributed by atoms with van der Waals surface area (Å²) in [5, 5.41) is 9.12. The topological polar surface area (TPSA) is 49.5 Å². The summed E-state index contributed by atoms with van der Waals surface area (Å²) in [4.78, 5) is 2.45. The number of hydrogen-bond donors (Lipinski definition) is 2. The van der Waals surface area contributed by atoms with Gasteiger partial charge in [0.15, 0.2) is 0 Å². The molecule has 1 unspecified atom stereocenters. The lowest BCUT2D eigenvalue weighted by atomic mass is 9.93. The summed E-state index contributed by atoms with van der Waals surface area (Å²) < 4.78 is 0. The van der Waals surface area contributed by atoms with Gasteiger partial charge < -0.3 is 15.7 Å². The molecule has 19 heavy (non-hydrogen) atoms. The van der Waals surface area contributed by atoms with Crippen molar-refractivity contribution in [2.24, 2.45) is 11.7 Å². The molecule has 2 atom stereocenters. The first-order valence-corrected chi connectivity index (χ1v) is 7.46. The minimum Gasteiger partial charge on any atom is -0.396 e. The second-order valence-electron chi connectivity index (χ2n) is 5.54. The van der Waals surface area contributed by atoms with Crippen LogP contribution in [0.2, 0.25) is 0 Å². The van der Waals surface area contributed by atoms with Crippen molar-refractivity contribution >= 4 is 5.69 Å². The first-order valence-electron chi connectivity index (χ1n) is 7.46. The summed E-state index contributed by atoms with van der Waals surface area (Å²) in [6.45, 7) is 4.59. The number of anilines is 1. The third-order valence-electron chi connectivity index (χ3n) is 4.17. The summed E-state index contributed by atoms with van der Waals surface area (Å²) in [6, 6.07) is 8.63. The molecule has 3 heteroatoms. The van der Waals surface area contributed by atoms with E-state index >= 15 is 0 Å². The molecule has 3 N–H and O–H groups in total. The maximum absolute atomic E-state index is 9.12. The van der Waals surface area contributed by atoms with Crippen LogP contribution in [-0.4, -0.2) is 24.8 Å². The van der Waals surface area contributed by atoms with Crippen molar-refractivity contribution in [1.29, 1.82) is 0 Å². The molecule has 1 aromatic rings. The molecule has 0 saturated carbocycles. The van der Waals surface area contributed by atoms with E-state index in [9.17, 15) is 0 Å². The molecule has 106 valence electrons. The van der Waals surface area contributed by atoms with Crippen LogP contribution in [0.3, 0.4) is 0 Å². The summed E-state index contributed by atoms with van der Waals surface area (Å²) in [7, 11) is 0. The molecule has 0 aliphatic carbocycles. The van der Waals surface area contributed by atoms with Crippen LogP contribution in [0.5, 0.6) is 0 Å². The fourth-order valence-corrected chi connectivity index (χ4v) is 3.01. The van der Waals surface area contributed by atoms with Gasteiger partial charge in [-0.2, -0.15) is 0 Å². The number of rotatable bonds is 5. The number of aliphatic hydroxyl groups is 1. The Hall–Kier alpha value is -1.06. The van der Waals surface area contributed by atoms with Gasteiger partial charge in [0.05, 0.1) is 0 Å². The number of aliphatic hydroxyl groups excluding tert-OH is 1. The van der Waals surface area contributed by atoms with Crippen molar-refractivity contribution < 1.29 is 5.11 Å². The lowest BCUT2D eigenvalue weighted by molar-refractivity contribution is 0.244. The van der Waals surface area contributed by atoms with Gasteiger partial charge in [-0.05, 0) is 43.2 Å². The highest BCUT2D eigenvalue weighted by Gasteiger charge is 2.22. The molecule has 1 fully saturated rings. The van der Waals surface area contributed by atoms with Crippen molar-refractivity contribution in [3.05, 3.63) is 29.8 Å². The standard InChI is InChI=1S/C16H26N2O/c1-2-15(17)14-7-3-4-8-16(14)18-10-5-6-13(12-18)9-11-19/h3-4,7-8,13,15,19H,2,5-6,9-12,17H2,1H3/t13?,15-/m1/s1. The highest BCUT2D eigenvalue weighted by Crippen LogP contribution is 2.31. The minimum atomic E-state index is 0.120. The van der Waals surface area contributed by atoms with Crippen LogP contribution in [0.15, 0.2) is 24.3 Å². The van der Waals surface area contributed by atoms with Crippen LogP contribution < -0.4 is 10.6 Å². The Morgan fingerprint density at radius 2 is 2.21 bits per heavy atom. The smallest absolute Gasteiger partial charge is 0.0434 e. The van der Waals surface area contributed by atoms with Gasteiger partial charge in [-0.1, -0.05) is 25.1 Å². The Morgan fingerprint density at radius 1 is 1.42 bits per heavy atom. The molecule has 0 spiro atoms. The van der Waals surface area contributed by atoms with Gasteiger partial charge >= 0.3 is 0 Å². The largest absolute Gasteiger partial charge is 0.396 e. The van der Waals surface area contributed by atoms with Crippen LogP contribution in [0, 0.1) is 5.92 Å². The normalized spacial score (nSPS) is 21.4. The van der Waals surface area contributed by atoms with Gasteiger partial charge in [0.2, 0.25) is 0 Å². The average molecular weight is 262 g/mol. The van der Waals surface area contributed by atoms with Crippen LogP contribution in [0.1, 0.15) is 44.2 Å². The Balaban J connectivity index is 2.16. The van der Waals surface area contributed by atoms with E-state index in [4.69, 9.17) is 10.8 Å². The summed E-state index contributed by atoms with van der Waals surface area (Å²) >= 11 is 0. The molecule has 0 bridgehead atoms. The maximum atomic E-state index is 9.12. The Morgan fingerprint density at radius 3 is 2.95 bits per heavy atom. The van der Waals surface area contributed by atoms with Gasteiger partial charge in [-0.15, -0.1) is 0 Å². The molecule has 1 aliphatic heterocycles. The van der Waals surface area contributed by atoms with Crippen molar-refractivity contribution in [1.82, 2.24) is 0 Å². The van der Waals surface area contributed by atoms with E-state index in [0.717, 1.165) is 25.9 Å². The van der Waals surface area contributed by atoms with E-state index in [1.165, 1.54) is 24.1 Å². The fourth-order valence-electron chi connectivity index (χ4n) is 3.01. The quantitative estimate of drug-likeness (QED) is 0.858. The lowest BCUT2D eigenvalue weighted by Crippen LogP contribution is -2.36. The SMILES string of the molecule is CC[C@@H](N)c1ccccc1N1CCCC(CCO)C1. The molecule has 3 nitrogen and oxygen atoms in total. The third kappa shape index (κ3) is 3.48. The van der Waals surface area contributed by atoms with Crippen LogP contribution in [0.4, 0.5) is 5.69 Å². The van der Waals surface area contributed by atoms with E-state index in [1.807, 2.05) is 0 Å². The van der Waals surface area contributed by atoms with Gasteiger partial charge in [0, 0.05) is 31.4 Å². The second kappa shape index (κ2) is 6.92. The van der Waals surface area contributed by atoms with Crippen LogP contribution >= 0.6 is 0 Å². The zero-order valence-electron chi connectivity index (χ0n) is 11.9. The van der Waals surface area contributed by atoms with E-state index in [-0.39, 0.29) is 6.04 Å². The highest BCUT2D eigenvalue weighted by molar-refractivity contribution is 5.55. The van der Waals surface area contributed by atoms with Gasteiger partial charge in [-0.25, -0.2) is 0 Å². The molecule has 1 saturated heterocycles. The molecule has 0 amide bonds. The second-order valence-corrected chi connectivity index (χ2v) is 5.54. The van der Waals surface area contributed by atoms with Gasteiger partial charge in [-0.3, -0.25) is 0 Å². The zero-order valence-corrected chi connectivity index (χ0v) is 11.9. The maximum Gasteiger partial charge on any atom is 0.0434 e. The van der Waals surface area contributed by atoms with E-state index in [0.29, 0.717) is 12.5 Å². The average Bonchev–Trinajstić information content (AvgIpc) is 2.47. The number of nitrogens with two attached hydrogens (primary N) is 1. The van der Waals surface area contributed by atoms with Crippen molar-refractivity contribution in [2.45, 2.75) is 38.6 Å². The van der Waals surface area contributed by atoms with Gasteiger partial charge in [0.1, 0.15) is 0 Å². The molecule has 2 rings (SSSR count). The molecular formula is C16H26N2O. The fraction of sp³-hybridized carbons (Fsp3) is 0.625. The van der Waals surface area contributed by atoms with Crippen molar-refractivity contribution in [3.63, 3.8) is 0 Å². The molecule has 1 aliphatic rings. The highest BCUT2D eigenvalue weighted by atomic mass is 16.3. The summed E-state index contributed by atoms with van der Waals surface area (Å²) in [6.07, 6.45) is 4.32. The molecular weight excluding hydrogens is 236 g/mol. The summed E-state index contributed by atoms with van der Waals surface area (Å²) in [5.41, 5.74) is 8.78. The molecule has 0 radical (unpaired) electrons. The van der Waals surface area contributed by atoms with E-state index < -0.39 is 0 Å². The lowest BCUT2D eigenvalue weighted by Gasteiger charge is -2.36. The Kier molecular flexibility index (Phi) is 5.23. The van der Waals surface area contributed by atoms with Crippen LogP contribution in [-0.2, 0) is 0 Å². The number of benzene rings is 1.